The fraction of sp³-hybridized carbons (Fsp3) is 0.0833. The Morgan fingerprint density at radius 1 is 1.28 bits per heavy atom. The smallest absolute Gasteiger partial charge is 0.272 e. The summed E-state index contributed by atoms with van der Waals surface area (Å²) in [7, 11) is 0. The molecule has 1 aromatic carbocycles. The molecule has 0 spiro atoms. The van der Waals surface area contributed by atoms with Gasteiger partial charge in [-0.15, -0.1) is 0 Å². The molecule has 0 amide bonds. The number of anilines is 1. The number of nitrogens with zero attached hydrogens (tertiary/aromatic N) is 2. The number of non-ortho nitro benzene ring substituents is 1. The summed E-state index contributed by atoms with van der Waals surface area (Å²) in [4.78, 5) is 13.7. The minimum Gasteiger partial charge on any atom is -0.379 e. The van der Waals surface area contributed by atoms with Crippen LogP contribution in [0.25, 0.3) is 0 Å². The first kappa shape index (κ1) is 12.0. The molecule has 1 aromatic heterocycles. The van der Waals surface area contributed by atoms with Crippen molar-refractivity contribution in [2.24, 2.45) is 0 Å². The van der Waals surface area contributed by atoms with Gasteiger partial charge in [-0.1, -0.05) is 0 Å². The molecule has 18 heavy (non-hydrogen) atoms. The highest BCUT2D eigenvalue weighted by Crippen LogP contribution is 2.20. The zero-order valence-electron chi connectivity index (χ0n) is 9.34. The number of rotatable bonds is 4. The van der Waals surface area contributed by atoms with Crippen LogP contribution >= 0.6 is 0 Å². The van der Waals surface area contributed by atoms with Crippen molar-refractivity contribution in [1.29, 1.82) is 0 Å². The summed E-state index contributed by atoms with van der Waals surface area (Å²) >= 11 is 0. The molecule has 0 bridgehead atoms. The van der Waals surface area contributed by atoms with Gasteiger partial charge in [-0.25, -0.2) is 4.39 Å². The lowest BCUT2D eigenvalue weighted by Crippen LogP contribution is -2.02. The number of benzene rings is 1. The number of nitro benzene ring substituents is 1. The van der Waals surface area contributed by atoms with Crippen molar-refractivity contribution in [1.82, 2.24) is 4.98 Å². The largest absolute Gasteiger partial charge is 0.379 e. The van der Waals surface area contributed by atoms with Crippen LogP contribution in [0.2, 0.25) is 0 Å². The van der Waals surface area contributed by atoms with Crippen LogP contribution in [-0.2, 0) is 6.54 Å². The third-order valence-electron chi connectivity index (χ3n) is 2.40. The van der Waals surface area contributed by atoms with E-state index < -0.39 is 10.7 Å². The normalized spacial score (nSPS) is 10.1. The standard InChI is InChI=1S/C12H10FN3O2/c13-11-7-10(16(17)18)1-2-12(11)15-8-9-3-5-14-6-4-9/h1-7,15H,8H2. The average molecular weight is 247 g/mol. The summed E-state index contributed by atoms with van der Waals surface area (Å²) in [6.45, 7) is 0.428. The Bertz CT molecular complexity index is 561. The van der Waals surface area contributed by atoms with Crippen LogP contribution in [0.15, 0.2) is 42.7 Å². The van der Waals surface area contributed by atoms with Gasteiger partial charge in [-0.05, 0) is 23.8 Å². The molecule has 2 rings (SSSR count). The van der Waals surface area contributed by atoms with Crippen LogP contribution in [0, 0.1) is 15.9 Å². The molecule has 0 aliphatic carbocycles. The Morgan fingerprint density at radius 3 is 2.61 bits per heavy atom. The molecular formula is C12H10FN3O2. The maximum Gasteiger partial charge on any atom is 0.272 e. The van der Waals surface area contributed by atoms with Crippen molar-refractivity contribution in [2.75, 3.05) is 5.32 Å². The summed E-state index contributed by atoms with van der Waals surface area (Å²) < 4.78 is 13.5. The van der Waals surface area contributed by atoms with Crippen LogP contribution < -0.4 is 5.32 Å². The van der Waals surface area contributed by atoms with Gasteiger partial charge in [0.2, 0.25) is 0 Å². The number of pyridine rings is 1. The van der Waals surface area contributed by atoms with Crippen molar-refractivity contribution >= 4 is 11.4 Å². The molecule has 0 saturated carbocycles. The topological polar surface area (TPSA) is 68.1 Å². The highest BCUT2D eigenvalue weighted by Gasteiger charge is 2.10. The first-order valence-corrected chi connectivity index (χ1v) is 5.23. The molecule has 0 aliphatic heterocycles. The molecule has 2 aromatic rings. The summed E-state index contributed by atoms with van der Waals surface area (Å²) in [6.07, 6.45) is 3.28. The Labute approximate surface area is 102 Å². The second kappa shape index (κ2) is 5.22. The summed E-state index contributed by atoms with van der Waals surface area (Å²) in [5.74, 6) is -0.641. The van der Waals surface area contributed by atoms with E-state index in [1.807, 2.05) is 0 Å². The Morgan fingerprint density at radius 2 is 2.00 bits per heavy atom. The zero-order chi connectivity index (χ0) is 13.0. The molecule has 0 radical (unpaired) electrons. The highest BCUT2D eigenvalue weighted by molar-refractivity contribution is 5.50. The molecule has 0 saturated heterocycles. The molecule has 0 atom stereocenters. The Balaban J connectivity index is 2.08. The van der Waals surface area contributed by atoms with E-state index in [1.54, 1.807) is 24.5 Å². The average Bonchev–Trinajstić information content (AvgIpc) is 2.38. The van der Waals surface area contributed by atoms with Gasteiger partial charge >= 0.3 is 0 Å². The lowest BCUT2D eigenvalue weighted by molar-refractivity contribution is -0.385. The van der Waals surface area contributed by atoms with Crippen LogP contribution in [-0.4, -0.2) is 9.91 Å². The lowest BCUT2D eigenvalue weighted by Gasteiger charge is -2.07. The van der Waals surface area contributed by atoms with Gasteiger partial charge in [0.05, 0.1) is 16.7 Å². The molecule has 6 heteroatoms. The third kappa shape index (κ3) is 2.79. The number of nitrogens with one attached hydrogen (secondary N) is 1. The quantitative estimate of drug-likeness (QED) is 0.666. The number of hydrogen-bond acceptors (Lipinski definition) is 4. The van der Waals surface area contributed by atoms with Gasteiger partial charge in [-0.3, -0.25) is 15.1 Å². The van der Waals surface area contributed by atoms with E-state index in [9.17, 15) is 14.5 Å². The minimum absolute atomic E-state index is 0.234. The zero-order valence-corrected chi connectivity index (χ0v) is 9.34. The maximum atomic E-state index is 13.5. The van der Waals surface area contributed by atoms with E-state index in [-0.39, 0.29) is 11.4 Å². The Kier molecular flexibility index (Phi) is 3.47. The molecule has 5 nitrogen and oxygen atoms in total. The van der Waals surface area contributed by atoms with Crippen molar-refractivity contribution in [3.63, 3.8) is 0 Å². The van der Waals surface area contributed by atoms with Gasteiger partial charge < -0.3 is 5.32 Å². The molecule has 0 fully saturated rings. The van der Waals surface area contributed by atoms with Gasteiger partial charge in [0.25, 0.3) is 5.69 Å². The fourth-order valence-corrected chi connectivity index (χ4v) is 1.46. The molecule has 1 heterocycles. The number of hydrogen-bond donors (Lipinski definition) is 1. The predicted molar refractivity (Wildman–Crippen MR) is 64.6 cm³/mol. The van der Waals surface area contributed by atoms with Crippen molar-refractivity contribution in [3.8, 4) is 0 Å². The van der Waals surface area contributed by atoms with Gasteiger partial charge in [0, 0.05) is 25.0 Å². The van der Waals surface area contributed by atoms with E-state index in [0.29, 0.717) is 6.54 Å². The van der Waals surface area contributed by atoms with Crippen LogP contribution in [0.1, 0.15) is 5.56 Å². The second-order valence-electron chi connectivity index (χ2n) is 3.63. The lowest BCUT2D eigenvalue weighted by atomic mass is 10.2. The number of halogens is 1. The monoisotopic (exact) mass is 247 g/mol. The number of aromatic nitrogens is 1. The van der Waals surface area contributed by atoms with Crippen molar-refractivity contribution in [2.45, 2.75) is 6.54 Å². The van der Waals surface area contributed by atoms with Crippen LogP contribution in [0.3, 0.4) is 0 Å². The van der Waals surface area contributed by atoms with Gasteiger partial charge in [0.1, 0.15) is 0 Å². The van der Waals surface area contributed by atoms with E-state index in [1.165, 1.54) is 12.1 Å². The summed E-state index contributed by atoms with van der Waals surface area (Å²) in [5, 5.41) is 13.3. The van der Waals surface area contributed by atoms with E-state index >= 15 is 0 Å². The van der Waals surface area contributed by atoms with Gasteiger partial charge in [0.15, 0.2) is 5.82 Å². The minimum atomic E-state index is -0.641. The third-order valence-corrected chi connectivity index (χ3v) is 2.40. The maximum absolute atomic E-state index is 13.5. The number of nitro groups is 1. The van der Waals surface area contributed by atoms with E-state index in [2.05, 4.69) is 10.3 Å². The van der Waals surface area contributed by atoms with Crippen LogP contribution in [0.5, 0.6) is 0 Å². The van der Waals surface area contributed by atoms with E-state index in [4.69, 9.17) is 0 Å². The van der Waals surface area contributed by atoms with E-state index in [0.717, 1.165) is 11.6 Å². The van der Waals surface area contributed by atoms with Crippen LogP contribution in [0.4, 0.5) is 15.8 Å². The molecule has 92 valence electrons. The SMILES string of the molecule is O=[N+]([O-])c1ccc(NCc2ccncc2)c(F)c1. The van der Waals surface area contributed by atoms with Gasteiger partial charge in [-0.2, -0.15) is 0 Å². The molecular weight excluding hydrogens is 237 g/mol. The summed E-state index contributed by atoms with van der Waals surface area (Å²) in [5.41, 5.74) is 0.919. The Hall–Kier alpha value is -2.50. The molecule has 0 aliphatic rings. The van der Waals surface area contributed by atoms with Crippen molar-refractivity contribution in [3.05, 3.63) is 64.2 Å². The molecule has 0 unspecified atom stereocenters. The fourth-order valence-electron chi connectivity index (χ4n) is 1.46. The first-order valence-electron chi connectivity index (χ1n) is 5.23. The first-order chi connectivity index (χ1) is 8.66. The summed E-state index contributed by atoms with van der Waals surface area (Å²) in [6, 6.07) is 7.12. The second-order valence-corrected chi connectivity index (χ2v) is 3.63. The molecule has 1 N–H and O–H groups in total. The predicted octanol–water partition coefficient (Wildman–Crippen LogP) is 2.74. The highest BCUT2D eigenvalue weighted by atomic mass is 19.1. The van der Waals surface area contributed by atoms with Crippen molar-refractivity contribution < 1.29 is 9.31 Å².